The molecule has 2 aliphatic heterocycles. The molecule has 0 spiro atoms. The summed E-state index contributed by atoms with van der Waals surface area (Å²) in [6.07, 6.45) is 4.95. The lowest BCUT2D eigenvalue weighted by Crippen LogP contribution is -2.56. The topological polar surface area (TPSA) is 108 Å². The van der Waals surface area contributed by atoms with Gasteiger partial charge in [-0.05, 0) is 37.0 Å². The van der Waals surface area contributed by atoms with E-state index >= 15 is 0 Å². The number of urea groups is 1. The Bertz CT molecular complexity index is 1240. The van der Waals surface area contributed by atoms with Crippen LogP contribution in [0.2, 0.25) is 0 Å². The summed E-state index contributed by atoms with van der Waals surface area (Å²) in [6.45, 7) is 6.60. The fourth-order valence-electron chi connectivity index (χ4n) is 5.37. The van der Waals surface area contributed by atoms with Crippen LogP contribution >= 0.6 is 0 Å². The Morgan fingerprint density at radius 2 is 1.59 bits per heavy atom. The Morgan fingerprint density at radius 1 is 0.951 bits per heavy atom. The zero-order valence-corrected chi connectivity index (χ0v) is 24.6. The van der Waals surface area contributed by atoms with Crippen LogP contribution in [0.5, 0.6) is 0 Å². The number of rotatable bonds is 11. The zero-order valence-electron chi connectivity index (χ0n) is 23.8. The molecule has 0 aliphatic carbocycles. The van der Waals surface area contributed by atoms with E-state index in [0.29, 0.717) is 32.0 Å². The van der Waals surface area contributed by atoms with Crippen molar-refractivity contribution < 1.29 is 22.7 Å². The molecule has 9 nitrogen and oxygen atoms in total. The summed E-state index contributed by atoms with van der Waals surface area (Å²) in [6, 6.07) is 16.7. The largest absolute Gasteiger partial charge is 0.379 e. The summed E-state index contributed by atoms with van der Waals surface area (Å²) < 4.78 is 31.0. The van der Waals surface area contributed by atoms with Gasteiger partial charge in [0.25, 0.3) is 0 Å². The third-order valence-electron chi connectivity index (χ3n) is 7.70. The second-order valence-corrected chi connectivity index (χ2v) is 12.5. The van der Waals surface area contributed by atoms with E-state index in [4.69, 9.17) is 4.74 Å². The standard InChI is InChI=1S/C31H42N4O5S/c1-2-9-26(16-23-41(38,39)28-12-7-4-8-13-28)32-30(36)29(24-25-10-5-3-6-11-25)33-31(37)35-17-14-27(15-18-35)34-19-21-40-22-20-34/h3-8,10-13,16,23,26-27,29H,2,9,14-15,17-22,24H2,1H3,(H,32,36)(H,33,37)/t26-,29-/m0/s1. The molecule has 0 aromatic heterocycles. The molecule has 0 bridgehead atoms. The highest BCUT2D eigenvalue weighted by atomic mass is 32.2. The number of likely N-dealkylation sites (tertiary alicyclic amines) is 1. The van der Waals surface area contributed by atoms with Gasteiger partial charge in [0.2, 0.25) is 5.91 Å². The number of carbonyl (C=O) groups is 2. The number of carbonyl (C=O) groups excluding carboxylic acids is 2. The van der Waals surface area contributed by atoms with Crippen LogP contribution in [0.4, 0.5) is 4.79 Å². The Kier molecular flexibility index (Phi) is 11.4. The van der Waals surface area contributed by atoms with Gasteiger partial charge in [0, 0.05) is 50.1 Å². The SMILES string of the molecule is CCC[C@@H](C=CS(=O)(=O)c1ccccc1)NC(=O)[C@H](Cc1ccccc1)NC(=O)N1CCC(N2CCOCC2)CC1. The van der Waals surface area contributed by atoms with E-state index in [1.54, 1.807) is 35.2 Å². The number of morpholine rings is 1. The predicted octanol–water partition coefficient (Wildman–Crippen LogP) is 3.38. The second kappa shape index (κ2) is 15.1. The molecule has 2 aromatic rings. The lowest BCUT2D eigenvalue weighted by molar-refractivity contribution is -0.123. The van der Waals surface area contributed by atoms with Gasteiger partial charge >= 0.3 is 6.03 Å². The molecule has 2 heterocycles. The van der Waals surface area contributed by atoms with Gasteiger partial charge in [-0.1, -0.05) is 68.0 Å². The number of hydrogen-bond acceptors (Lipinski definition) is 6. The maximum absolute atomic E-state index is 13.6. The second-order valence-electron chi connectivity index (χ2n) is 10.6. The fourth-order valence-corrected chi connectivity index (χ4v) is 6.46. The first-order chi connectivity index (χ1) is 19.9. The zero-order chi connectivity index (χ0) is 29.1. The Balaban J connectivity index is 1.41. The van der Waals surface area contributed by atoms with Crippen LogP contribution in [-0.4, -0.2) is 87.7 Å². The van der Waals surface area contributed by atoms with Crippen LogP contribution in [0.1, 0.15) is 38.2 Å². The van der Waals surface area contributed by atoms with Crippen molar-refractivity contribution in [1.82, 2.24) is 20.4 Å². The van der Waals surface area contributed by atoms with E-state index in [9.17, 15) is 18.0 Å². The number of hydrogen-bond donors (Lipinski definition) is 2. The van der Waals surface area contributed by atoms with Gasteiger partial charge in [0.05, 0.1) is 18.1 Å². The molecular weight excluding hydrogens is 540 g/mol. The third-order valence-corrected chi connectivity index (χ3v) is 9.14. The molecular formula is C31H42N4O5S. The van der Waals surface area contributed by atoms with E-state index in [2.05, 4.69) is 15.5 Å². The van der Waals surface area contributed by atoms with Crippen LogP contribution in [0, 0.1) is 0 Å². The summed E-state index contributed by atoms with van der Waals surface area (Å²) in [4.78, 5) is 31.3. The van der Waals surface area contributed by atoms with E-state index in [1.807, 2.05) is 37.3 Å². The Morgan fingerprint density at radius 3 is 2.22 bits per heavy atom. The van der Waals surface area contributed by atoms with Gasteiger partial charge in [-0.3, -0.25) is 9.69 Å². The first kappa shape index (κ1) is 30.7. The molecule has 2 atom stereocenters. The van der Waals surface area contributed by atoms with Crippen molar-refractivity contribution in [3.63, 3.8) is 0 Å². The molecule has 4 rings (SSSR count). The number of piperidine rings is 1. The number of sulfone groups is 1. The minimum atomic E-state index is -3.64. The number of benzene rings is 2. The minimum Gasteiger partial charge on any atom is -0.379 e. The monoisotopic (exact) mass is 582 g/mol. The molecule has 0 saturated carbocycles. The maximum Gasteiger partial charge on any atom is 0.318 e. The number of amides is 3. The quantitative estimate of drug-likeness (QED) is 0.421. The molecule has 0 radical (unpaired) electrons. The molecule has 2 N–H and O–H groups in total. The van der Waals surface area contributed by atoms with Gasteiger partial charge in [-0.2, -0.15) is 0 Å². The highest BCUT2D eigenvalue weighted by Crippen LogP contribution is 2.18. The summed E-state index contributed by atoms with van der Waals surface area (Å²) in [7, 11) is -3.64. The average Bonchev–Trinajstić information content (AvgIpc) is 3.01. The molecule has 10 heteroatoms. The van der Waals surface area contributed by atoms with Crippen molar-refractivity contribution in [3.8, 4) is 0 Å². The van der Waals surface area contributed by atoms with Crippen molar-refractivity contribution in [1.29, 1.82) is 0 Å². The van der Waals surface area contributed by atoms with Crippen LogP contribution in [0.15, 0.2) is 77.0 Å². The van der Waals surface area contributed by atoms with Crippen molar-refractivity contribution >= 4 is 21.8 Å². The summed E-state index contributed by atoms with van der Waals surface area (Å²) in [5.74, 6) is -0.342. The fraction of sp³-hybridized carbons (Fsp3) is 0.484. The normalized spacial score (nSPS) is 18.6. The van der Waals surface area contributed by atoms with Gasteiger partial charge in [-0.15, -0.1) is 0 Å². The first-order valence-corrected chi connectivity index (χ1v) is 16.1. The van der Waals surface area contributed by atoms with E-state index in [1.165, 1.54) is 6.08 Å². The molecule has 3 amide bonds. The molecule has 222 valence electrons. The van der Waals surface area contributed by atoms with Crippen LogP contribution in [0.25, 0.3) is 0 Å². The summed E-state index contributed by atoms with van der Waals surface area (Å²) >= 11 is 0. The van der Waals surface area contributed by atoms with E-state index < -0.39 is 21.9 Å². The van der Waals surface area contributed by atoms with Crippen molar-refractivity contribution in [2.45, 2.75) is 62.0 Å². The molecule has 2 saturated heterocycles. The van der Waals surface area contributed by atoms with E-state index in [-0.39, 0.29) is 16.8 Å². The molecule has 2 aliphatic rings. The minimum absolute atomic E-state index is 0.199. The van der Waals surface area contributed by atoms with Gasteiger partial charge < -0.3 is 20.3 Å². The lowest BCUT2D eigenvalue weighted by atomic mass is 10.0. The van der Waals surface area contributed by atoms with Crippen molar-refractivity contribution in [3.05, 3.63) is 77.7 Å². The van der Waals surface area contributed by atoms with Crippen molar-refractivity contribution in [2.24, 2.45) is 0 Å². The van der Waals surface area contributed by atoms with Gasteiger partial charge in [0.15, 0.2) is 9.84 Å². The van der Waals surface area contributed by atoms with Gasteiger partial charge in [0.1, 0.15) is 6.04 Å². The number of nitrogens with one attached hydrogen (secondary N) is 2. The molecule has 0 unspecified atom stereocenters. The lowest BCUT2D eigenvalue weighted by Gasteiger charge is -2.40. The highest BCUT2D eigenvalue weighted by molar-refractivity contribution is 7.94. The highest BCUT2D eigenvalue weighted by Gasteiger charge is 2.30. The van der Waals surface area contributed by atoms with Gasteiger partial charge in [-0.25, -0.2) is 13.2 Å². The molecule has 2 fully saturated rings. The average molecular weight is 583 g/mol. The maximum atomic E-state index is 13.6. The number of nitrogens with zero attached hydrogens (tertiary/aromatic N) is 2. The Hall–Kier alpha value is -3.21. The van der Waals surface area contributed by atoms with Crippen LogP contribution in [0.3, 0.4) is 0 Å². The first-order valence-electron chi connectivity index (χ1n) is 14.6. The molecule has 2 aromatic carbocycles. The van der Waals surface area contributed by atoms with Crippen LogP contribution in [-0.2, 0) is 25.8 Å². The number of ether oxygens (including phenoxy) is 1. The van der Waals surface area contributed by atoms with E-state index in [0.717, 1.165) is 56.5 Å². The van der Waals surface area contributed by atoms with Crippen LogP contribution < -0.4 is 10.6 Å². The predicted molar refractivity (Wildman–Crippen MR) is 159 cm³/mol. The molecule has 41 heavy (non-hydrogen) atoms. The summed E-state index contributed by atoms with van der Waals surface area (Å²) in [5.41, 5.74) is 0.924. The summed E-state index contributed by atoms with van der Waals surface area (Å²) in [5, 5.41) is 7.11. The Labute approximate surface area is 243 Å². The van der Waals surface area contributed by atoms with Crippen molar-refractivity contribution in [2.75, 3.05) is 39.4 Å². The third kappa shape index (κ3) is 9.14. The smallest absolute Gasteiger partial charge is 0.318 e.